The van der Waals surface area contributed by atoms with Crippen molar-refractivity contribution in [3.63, 3.8) is 0 Å². The highest BCUT2D eigenvalue weighted by Crippen LogP contribution is 2.27. The SMILES string of the molecule is Cc1cc(Cl)ccc1OCCCC(=O)N1Cc2ccccc2C[C@@H]1C(=O)N1CCCC1. The van der Waals surface area contributed by atoms with Crippen LogP contribution in [0.25, 0.3) is 0 Å². The Morgan fingerprint density at radius 2 is 1.84 bits per heavy atom. The molecule has 1 saturated heterocycles. The minimum absolute atomic E-state index is 0.0171. The lowest BCUT2D eigenvalue weighted by atomic mass is 9.92. The summed E-state index contributed by atoms with van der Waals surface area (Å²) in [7, 11) is 0. The summed E-state index contributed by atoms with van der Waals surface area (Å²) in [5.74, 6) is 0.891. The van der Waals surface area contributed by atoms with E-state index in [-0.39, 0.29) is 11.8 Å². The van der Waals surface area contributed by atoms with Crippen LogP contribution in [0.4, 0.5) is 0 Å². The van der Waals surface area contributed by atoms with Crippen LogP contribution in [-0.2, 0) is 22.6 Å². The second-order valence-corrected chi connectivity index (χ2v) is 8.84. The van der Waals surface area contributed by atoms with Gasteiger partial charge in [-0.05, 0) is 61.1 Å². The highest BCUT2D eigenvalue weighted by Gasteiger charge is 2.37. The van der Waals surface area contributed by atoms with Crippen molar-refractivity contribution in [1.82, 2.24) is 9.80 Å². The standard InChI is InChI=1S/C25H29ClN2O3/c1-18-15-21(26)10-11-23(18)31-14-6-9-24(29)28-17-20-8-3-2-7-19(20)16-22(28)25(30)27-12-4-5-13-27/h2-3,7-8,10-11,15,22H,4-6,9,12-14,16-17H2,1H3/t22-/m1/s1. The molecule has 1 fully saturated rings. The molecule has 0 bridgehead atoms. The topological polar surface area (TPSA) is 49.9 Å². The number of hydrogen-bond donors (Lipinski definition) is 0. The average Bonchev–Trinajstić information content (AvgIpc) is 3.31. The lowest BCUT2D eigenvalue weighted by Crippen LogP contribution is -2.53. The Morgan fingerprint density at radius 3 is 2.58 bits per heavy atom. The van der Waals surface area contributed by atoms with Crippen molar-refractivity contribution in [2.75, 3.05) is 19.7 Å². The summed E-state index contributed by atoms with van der Waals surface area (Å²) >= 11 is 5.99. The number of benzene rings is 2. The number of carbonyl (C=O) groups excluding carboxylic acids is 2. The third-order valence-electron chi connectivity index (χ3n) is 6.20. The summed E-state index contributed by atoms with van der Waals surface area (Å²) < 4.78 is 5.84. The number of halogens is 1. The first kappa shape index (κ1) is 21.7. The van der Waals surface area contributed by atoms with Gasteiger partial charge in [-0.2, -0.15) is 0 Å². The smallest absolute Gasteiger partial charge is 0.245 e. The number of carbonyl (C=O) groups is 2. The van der Waals surface area contributed by atoms with Crippen molar-refractivity contribution in [3.05, 3.63) is 64.2 Å². The normalized spacial score (nSPS) is 18.1. The van der Waals surface area contributed by atoms with Crippen LogP contribution in [-0.4, -0.2) is 47.4 Å². The van der Waals surface area contributed by atoms with Gasteiger partial charge < -0.3 is 14.5 Å². The van der Waals surface area contributed by atoms with E-state index in [0.29, 0.717) is 37.4 Å². The molecule has 0 radical (unpaired) electrons. The molecule has 1 atom stereocenters. The van der Waals surface area contributed by atoms with E-state index in [9.17, 15) is 9.59 Å². The van der Waals surface area contributed by atoms with Gasteiger partial charge in [0.25, 0.3) is 0 Å². The van der Waals surface area contributed by atoms with Gasteiger partial charge >= 0.3 is 0 Å². The van der Waals surface area contributed by atoms with E-state index in [1.807, 2.05) is 36.1 Å². The number of likely N-dealkylation sites (tertiary alicyclic amines) is 1. The predicted molar refractivity (Wildman–Crippen MR) is 121 cm³/mol. The molecule has 164 valence electrons. The van der Waals surface area contributed by atoms with E-state index >= 15 is 0 Å². The van der Waals surface area contributed by atoms with E-state index in [1.54, 1.807) is 11.0 Å². The molecule has 4 rings (SSSR count). The molecule has 5 nitrogen and oxygen atoms in total. The molecule has 2 aliphatic rings. The Hall–Kier alpha value is -2.53. The van der Waals surface area contributed by atoms with Gasteiger partial charge in [-0.15, -0.1) is 0 Å². The summed E-state index contributed by atoms with van der Waals surface area (Å²) in [4.78, 5) is 30.1. The molecular weight excluding hydrogens is 412 g/mol. The summed E-state index contributed by atoms with van der Waals surface area (Å²) in [5, 5.41) is 0.680. The van der Waals surface area contributed by atoms with Gasteiger partial charge in [-0.3, -0.25) is 9.59 Å². The highest BCUT2D eigenvalue weighted by molar-refractivity contribution is 6.30. The van der Waals surface area contributed by atoms with Gasteiger partial charge in [-0.1, -0.05) is 35.9 Å². The maximum Gasteiger partial charge on any atom is 0.245 e. The zero-order valence-corrected chi connectivity index (χ0v) is 18.7. The van der Waals surface area contributed by atoms with E-state index in [0.717, 1.165) is 42.8 Å². The number of nitrogens with zero attached hydrogens (tertiary/aromatic N) is 2. The molecule has 0 saturated carbocycles. The number of ether oxygens (including phenoxy) is 1. The second-order valence-electron chi connectivity index (χ2n) is 8.40. The lowest BCUT2D eigenvalue weighted by molar-refractivity contribution is -0.146. The lowest BCUT2D eigenvalue weighted by Gasteiger charge is -2.38. The van der Waals surface area contributed by atoms with Crippen molar-refractivity contribution >= 4 is 23.4 Å². The fourth-order valence-electron chi connectivity index (χ4n) is 4.48. The third kappa shape index (κ3) is 5.04. The van der Waals surface area contributed by atoms with Crippen LogP contribution in [0.5, 0.6) is 5.75 Å². The Kier molecular flexibility index (Phi) is 6.81. The Balaban J connectivity index is 1.39. The molecule has 2 aromatic carbocycles. The maximum absolute atomic E-state index is 13.2. The summed E-state index contributed by atoms with van der Waals surface area (Å²) in [5.41, 5.74) is 3.28. The minimum Gasteiger partial charge on any atom is -0.493 e. The van der Waals surface area contributed by atoms with Crippen LogP contribution in [0.1, 0.15) is 42.4 Å². The Labute approximate surface area is 188 Å². The molecule has 0 unspecified atom stereocenters. The molecule has 0 aromatic heterocycles. The molecule has 0 spiro atoms. The van der Waals surface area contributed by atoms with Crippen molar-refractivity contribution in [2.45, 2.75) is 51.6 Å². The van der Waals surface area contributed by atoms with Gasteiger partial charge in [-0.25, -0.2) is 0 Å². The zero-order valence-electron chi connectivity index (χ0n) is 18.0. The fraction of sp³-hybridized carbons (Fsp3) is 0.440. The highest BCUT2D eigenvalue weighted by atomic mass is 35.5. The average molecular weight is 441 g/mol. The van der Waals surface area contributed by atoms with E-state index in [1.165, 1.54) is 5.56 Å². The summed E-state index contributed by atoms with van der Waals surface area (Å²) in [6, 6.07) is 13.2. The van der Waals surface area contributed by atoms with Gasteiger partial charge in [0, 0.05) is 37.5 Å². The van der Waals surface area contributed by atoms with E-state index in [4.69, 9.17) is 16.3 Å². The number of aryl methyl sites for hydroxylation is 1. The van der Waals surface area contributed by atoms with Crippen molar-refractivity contribution in [3.8, 4) is 5.75 Å². The Bertz CT molecular complexity index is 956. The van der Waals surface area contributed by atoms with Crippen LogP contribution in [0.2, 0.25) is 5.02 Å². The van der Waals surface area contributed by atoms with Crippen LogP contribution in [0.15, 0.2) is 42.5 Å². The third-order valence-corrected chi connectivity index (χ3v) is 6.44. The number of hydrogen-bond acceptors (Lipinski definition) is 3. The Morgan fingerprint density at radius 1 is 1.10 bits per heavy atom. The predicted octanol–water partition coefficient (Wildman–Crippen LogP) is 4.38. The molecular formula is C25H29ClN2O3. The number of fused-ring (bicyclic) bond motifs is 1. The molecule has 2 aliphatic heterocycles. The quantitative estimate of drug-likeness (QED) is 0.626. The molecule has 2 amide bonds. The largest absolute Gasteiger partial charge is 0.493 e. The minimum atomic E-state index is -0.403. The van der Waals surface area contributed by atoms with E-state index in [2.05, 4.69) is 12.1 Å². The molecule has 2 heterocycles. The van der Waals surface area contributed by atoms with Crippen LogP contribution >= 0.6 is 11.6 Å². The second kappa shape index (κ2) is 9.73. The van der Waals surface area contributed by atoms with Crippen LogP contribution < -0.4 is 4.74 Å². The van der Waals surface area contributed by atoms with Gasteiger partial charge in [0.1, 0.15) is 11.8 Å². The molecule has 0 aliphatic carbocycles. The van der Waals surface area contributed by atoms with Crippen molar-refractivity contribution < 1.29 is 14.3 Å². The van der Waals surface area contributed by atoms with Crippen LogP contribution in [0.3, 0.4) is 0 Å². The maximum atomic E-state index is 13.2. The van der Waals surface area contributed by atoms with Crippen LogP contribution in [0, 0.1) is 6.92 Å². The zero-order chi connectivity index (χ0) is 21.8. The van der Waals surface area contributed by atoms with Gasteiger partial charge in [0.05, 0.1) is 6.61 Å². The number of rotatable bonds is 6. The monoisotopic (exact) mass is 440 g/mol. The fourth-order valence-corrected chi connectivity index (χ4v) is 4.70. The molecule has 6 heteroatoms. The first-order valence-electron chi connectivity index (χ1n) is 11.1. The van der Waals surface area contributed by atoms with Crippen molar-refractivity contribution in [1.29, 1.82) is 0 Å². The first-order valence-corrected chi connectivity index (χ1v) is 11.4. The summed E-state index contributed by atoms with van der Waals surface area (Å²) in [6.45, 7) is 4.49. The first-order chi connectivity index (χ1) is 15.0. The number of amides is 2. The van der Waals surface area contributed by atoms with E-state index < -0.39 is 6.04 Å². The molecule has 0 N–H and O–H groups in total. The summed E-state index contributed by atoms with van der Waals surface area (Å²) in [6.07, 6.45) is 3.65. The van der Waals surface area contributed by atoms with Gasteiger partial charge in [0.2, 0.25) is 11.8 Å². The molecule has 2 aromatic rings. The van der Waals surface area contributed by atoms with Crippen molar-refractivity contribution in [2.24, 2.45) is 0 Å². The molecule has 31 heavy (non-hydrogen) atoms. The van der Waals surface area contributed by atoms with Gasteiger partial charge in [0.15, 0.2) is 0 Å².